The number of nitrogens with one attached hydrogen (secondary N) is 2. The van der Waals surface area contributed by atoms with Crippen LogP contribution in [0, 0.1) is 0 Å². The van der Waals surface area contributed by atoms with Gasteiger partial charge in [-0.25, -0.2) is 14.3 Å². The number of amides is 1. The van der Waals surface area contributed by atoms with Gasteiger partial charge in [0, 0.05) is 6.20 Å². The van der Waals surface area contributed by atoms with E-state index < -0.39 is 12.1 Å². The van der Waals surface area contributed by atoms with Crippen LogP contribution >= 0.6 is 27.3 Å². The molecule has 178 valence electrons. The first kappa shape index (κ1) is 24.9. The lowest BCUT2D eigenvalue weighted by Crippen LogP contribution is -2.36. The Morgan fingerprint density at radius 3 is 2.55 bits per heavy atom. The molecule has 1 amide bonds. The number of carbonyl (C=O) groups excluding carboxylic acids is 1. The molecule has 0 saturated heterocycles. The van der Waals surface area contributed by atoms with E-state index in [-0.39, 0.29) is 18.1 Å². The van der Waals surface area contributed by atoms with Gasteiger partial charge in [0.1, 0.15) is 11.4 Å². The number of hydrogen-bond donors (Lipinski definition) is 4. The number of carboxylic acids is 1. The molecule has 3 aromatic heterocycles. The first-order valence-corrected chi connectivity index (χ1v) is 11.4. The minimum atomic E-state index is -5.08. The van der Waals surface area contributed by atoms with Crippen molar-refractivity contribution in [2.24, 2.45) is 0 Å². The maximum atomic E-state index is 12.6. The molecular weight excluding hydrogens is 531 g/mol. The van der Waals surface area contributed by atoms with Gasteiger partial charge in [-0.3, -0.25) is 4.79 Å². The molecule has 3 aromatic rings. The van der Waals surface area contributed by atoms with Crippen LogP contribution in [0.25, 0.3) is 5.65 Å². The molecule has 1 saturated carbocycles. The Balaban J connectivity index is 0.000000383. The fourth-order valence-corrected chi connectivity index (χ4v) is 4.27. The lowest BCUT2D eigenvalue weighted by atomic mass is 9.93. The molecule has 0 unspecified atom stereocenters. The minimum Gasteiger partial charge on any atom is -0.475 e. The monoisotopic (exact) mass is 549 g/mol. The van der Waals surface area contributed by atoms with Crippen LogP contribution in [-0.4, -0.2) is 55.0 Å². The Morgan fingerprint density at radius 1 is 1.24 bits per heavy atom. The summed E-state index contributed by atoms with van der Waals surface area (Å²) >= 11 is 4.92. The first-order chi connectivity index (χ1) is 15.6. The summed E-state index contributed by atoms with van der Waals surface area (Å²) in [6.07, 6.45) is 1.67. The fraction of sp³-hybridized carbons (Fsp3) is 0.368. The van der Waals surface area contributed by atoms with Gasteiger partial charge >= 0.3 is 12.1 Å². The van der Waals surface area contributed by atoms with Crippen LogP contribution < -0.4 is 10.6 Å². The van der Waals surface area contributed by atoms with Crippen LogP contribution in [0.5, 0.6) is 0 Å². The number of hydrogen-bond acceptors (Lipinski definition) is 7. The summed E-state index contributed by atoms with van der Waals surface area (Å²) in [6, 6.07) is 3.63. The van der Waals surface area contributed by atoms with Crippen molar-refractivity contribution in [2.75, 3.05) is 10.6 Å². The van der Waals surface area contributed by atoms with E-state index in [0.717, 1.165) is 35.2 Å². The molecular formula is C19H19BrF3N5O4S. The molecule has 1 aliphatic rings. The third kappa shape index (κ3) is 6.42. The number of fused-ring (bicyclic) bond motifs is 1. The Hall–Kier alpha value is -2.71. The summed E-state index contributed by atoms with van der Waals surface area (Å²) in [6.45, 7) is 0. The lowest BCUT2D eigenvalue weighted by molar-refractivity contribution is -0.192. The number of thiophene rings is 1. The van der Waals surface area contributed by atoms with Crippen LogP contribution in [-0.2, 0) is 4.79 Å². The number of aromatic nitrogens is 3. The van der Waals surface area contributed by atoms with Crippen molar-refractivity contribution >= 4 is 56.3 Å². The molecule has 1 aliphatic carbocycles. The van der Waals surface area contributed by atoms with Gasteiger partial charge in [-0.15, -0.1) is 11.3 Å². The van der Waals surface area contributed by atoms with Crippen molar-refractivity contribution in [1.82, 2.24) is 14.6 Å². The van der Waals surface area contributed by atoms with E-state index in [1.165, 1.54) is 17.5 Å². The molecule has 1 fully saturated rings. The second-order valence-corrected chi connectivity index (χ2v) is 9.34. The zero-order valence-corrected chi connectivity index (χ0v) is 19.2. The second-order valence-electron chi connectivity index (χ2n) is 7.11. The van der Waals surface area contributed by atoms with Crippen molar-refractivity contribution < 1.29 is 33.0 Å². The molecule has 33 heavy (non-hydrogen) atoms. The molecule has 0 aromatic carbocycles. The average molecular weight is 550 g/mol. The van der Waals surface area contributed by atoms with Crippen molar-refractivity contribution in [2.45, 2.75) is 44.0 Å². The summed E-state index contributed by atoms with van der Waals surface area (Å²) < 4.78 is 34.2. The topological polar surface area (TPSA) is 129 Å². The van der Waals surface area contributed by atoms with Crippen molar-refractivity contribution in [3.8, 4) is 0 Å². The molecule has 14 heteroatoms. The Labute approximate surface area is 197 Å². The van der Waals surface area contributed by atoms with Gasteiger partial charge in [-0.1, -0.05) is 12.8 Å². The smallest absolute Gasteiger partial charge is 0.475 e. The van der Waals surface area contributed by atoms with Crippen LogP contribution in [0.2, 0.25) is 0 Å². The highest BCUT2D eigenvalue weighted by molar-refractivity contribution is 9.11. The molecule has 3 heterocycles. The standard InChI is InChI=1S/C17H18BrN5O2S.C2HF3O2/c18-15-12(6-8-26-15)21-17(25)10-9-19-23-7-5-14(22-16(10)23)20-11-3-1-2-4-13(11)24;3-2(4,5)1(6)7/h5-9,11,13,24H,1-4H2,(H,20,22)(H,21,25);(H,6,7)/t11-,13+;/m1./s1. The third-order valence-electron chi connectivity index (χ3n) is 4.79. The summed E-state index contributed by atoms with van der Waals surface area (Å²) in [5.41, 5.74) is 1.60. The van der Waals surface area contributed by atoms with Gasteiger partial charge in [0.15, 0.2) is 5.65 Å². The van der Waals surface area contributed by atoms with E-state index in [4.69, 9.17) is 9.90 Å². The number of anilines is 2. The highest BCUT2D eigenvalue weighted by atomic mass is 79.9. The number of aliphatic hydroxyl groups excluding tert-OH is 1. The Morgan fingerprint density at radius 2 is 1.94 bits per heavy atom. The lowest BCUT2D eigenvalue weighted by Gasteiger charge is -2.28. The van der Waals surface area contributed by atoms with Crippen LogP contribution in [0.4, 0.5) is 24.7 Å². The number of carboxylic acid groups (broad SMARTS) is 1. The van der Waals surface area contributed by atoms with Crippen LogP contribution in [0.3, 0.4) is 0 Å². The van der Waals surface area contributed by atoms with Crippen molar-refractivity contribution in [3.63, 3.8) is 0 Å². The summed E-state index contributed by atoms with van der Waals surface area (Å²) in [5.74, 6) is -2.39. The minimum absolute atomic E-state index is 0.0133. The van der Waals surface area contributed by atoms with E-state index >= 15 is 0 Å². The highest BCUT2D eigenvalue weighted by Crippen LogP contribution is 2.29. The predicted octanol–water partition coefficient (Wildman–Crippen LogP) is 4.15. The molecule has 4 rings (SSSR count). The zero-order valence-electron chi connectivity index (χ0n) is 16.8. The summed E-state index contributed by atoms with van der Waals surface area (Å²) in [5, 5.41) is 29.5. The molecule has 0 aliphatic heterocycles. The van der Waals surface area contributed by atoms with Crippen molar-refractivity contribution in [1.29, 1.82) is 0 Å². The van der Waals surface area contributed by atoms with E-state index in [2.05, 4.69) is 36.6 Å². The SMILES string of the molecule is O=C(Nc1ccsc1Br)c1cnn2ccc(N[C@@H]3CCCC[C@@H]3O)nc12.O=C(O)C(F)(F)F. The number of halogens is 4. The quantitative estimate of drug-likeness (QED) is 0.384. The predicted molar refractivity (Wildman–Crippen MR) is 119 cm³/mol. The average Bonchev–Trinajstić information content (AvgIpc) is 3.35. The summed E-state index contributed by atoms with van der Waals surface area (Å²) in [7, 11) is 0. The maximum absolute atomic E-state index is 12.6. The van der Waals surface area contributed by atoms with Crippen molar-refractivity contribution in [3.05, 3.63) is 39.3 Å². The fourth-order valence-electron chi connectivity index (χ4n) is 3.15. The van der Waals surface area contributed by atoms with Crippen LogP contribution in [0.15, 0.2) is 33.7 Å². The summed E-state index contributed by atoms with van der Waals surface area (Å²) in [4.78, 5) is 26.1. The van der Waals surface area contributed by atoms with Gasteiger partial charge in [0.2, 0.25) is 0 Å². The van der Waals surface area contributed by atoms with E-state index in [1.807, 2.05) is 11.4 Å². The van der Waals surface area contributed by atoms with E-state index in [0.29, 0.717) is 17.0 Å². The number of aliphatic hydroxyl groups is 1. The number of nitrogens with zero attached hydrogens (tertiary/aromatic N) is 3. The van der Waals surface area contributed by atoms with E-state index in [9.17, 15) is 23.1 Å². The van der Waals surface area contributed by atoms with Gasteiger partial charge < -0.3 is 20.8 Å². The van der Waals surface area contributed by atoms with Gasteiger partial charge in [-0.2, -0.15) is 18.3 Å². The van der Waals surface area contributed by atoms with Crippen LogP contribution in [0.1, 0.15) is 36.0 Å². The maximum Gasteiger partial charge on any atom is 0.490 e. The molecule has 0 spiro atoms. The number of carbonyl (C=O) groups is 2. The molecule has 0 bridgehead atoms. The molecule has 4 N–H and O–H groups in total. The number of rotatable bonds is 4. The first-order valence-electron chi connectivity index (χ1n) is 9.69. The molecule has 2 atom stereocenters. The van der Waals surface area contributed by atoms with Gasteiger partial charge in [0.05, 0.1) is 27.8 Å². The number of alkyl halides is 3. The normalized spacial score (nSPS) is 18.3. The van der Waals surface area contributed by atoms with Gasteiger partial charge in [-0.05, 0) is 46.3 Å². The largest absolute Gasteiger partial charge is 0.490 e. The Kier molecular flexibility index (Phi) is 7.92. The highest BCUT2D eigenvalue weighted by Gasteiger charge is 2.38. The molecule has 0 radical (unpaired) electrons. The van der Waals surface area contributed by atoms with E-state index in [1.54, 1.807) is 16.8 Å². The third-order valence-corrected chi connectivity index (χ3v) is 6.47. The Bertz CT molecular complexity index is 1140. The zero-order chi connectivity index (χ0) is 24.2. The molecule has 9 nitrogen and oxygen atoms in total. The van der Waals surface area contributed by atoms with Gasteiger partial charge in [0.25, 0.3) is 5.91 Å². The second kappa shape index (κ2) is 10.5. The number of aliphatic carboxylic acids is 1.